The van der Waals surface area contributed by atoms with Crippen molar-refractivity contribution >= 4 is 17.9 Å². The molecule has 0 radical (unpaired) electrons. The van der Waals surface area contributed by atoms with Gasteiger partial charge in [-0.2, -0.15) is 0 Å². The molecule has 126 valence electrons. The Morgan fingerprint density at radius 3 is 2.83 bits per heavy atom. The molecule has 6 heteroatoms. The molecule has 2 unspecified atom stereocenters. The number of hydrogen-bond acceptors (Lipinski definition) is 5. The van der Waals surface area contributed by atoms with Crippen LogP contribution >= 0.6 is 11.9 Å². The van der Waals surface area contributed by atoms with Crippen molar-refractivity contribution < 1.29 is 4.79 Å². The second-order valence-corrected chi connectivity index (χ2v) is 6.90. The van der Waals surface area contributed by atoms with Crippen molar-refractivity contribution in [2.75, 3.05) is 0 Å². The Balaban J connectivity index is 1.83. The fourth-order valence-corrected chi connectivity index (χ4v) is 3.23. The number of aromatic nitrogens is 1. The van der Waals surface area contributed by atoms with Crippen LogP contribution in [0.25, 0.3) is 0 Å². The zero-order valence-corrected chi connectivity index (χ0v) is 14.4. The van der Waals surface area contributed by atoms with Gasteiger partial charge in [0.25, 0.3) is 5.91 Å². The van der Waals surface area contributed by atoms with Gasteiger partial charge in [0.2, 0.25) is 0 Å². The van der Waals surface area contributed by atoms with Gasteiger partial charge in [-0.1, -0.05) is 49.9 Å². The topological polar surface area (TPSA) is 80.0 Å². The molecule has 0 saturated heterocycles. The Morgan fingerprint density at radius 2 is 2.22 bits per heavy atom. The van der Waals surface area contributed by atoms with Gasteiger partial charge < -0.3 is 5.32 Å². The third-order valence-corrected chi connectivity index (χ3v) is 4.81. The highest BCUT2D eigenvalue weighted by Gasteiger charge is 2.18. The summed E-state index contributed by atoms with van der Waals surface area (Å²) in [5.74, 6) is 5.19. The van der Waals surface area contributed by atoms with Crippen LogP contribution < -0.4 is 16.0 Å². The molecule has 2 rings (SSSR count). The Labute approximate surface area is 142 Å². The summed E-state index contributed by atoms with van der Waals surface area (Å²) in [7, 11) is 0. The molecular formula is C17H26N4OS. The van der Waals surface area contributed by atoms with Crippen LogP contribution in [0.2, 0.25) is 0 Å². The fourth-order valence-electron chi connectivity index (χ4n) is 2.63. The molecule has 1 aromatic heterocycles. The lowest BCUT2D eigenvalue weighted by molar-refractivity contribution is 0.0937. The summed E-state index contributed by atoms with van der Waals surface area (Å²) in [6, 6.07) is 3.90. The number of aryl methyl sites for hydroxylation is 1. The second kappa shape index (κ2) is 9.70. The second-order valence-electron chi connectivity index (χ2n) is 5.83. The van der Waals surface area contributed by atoms with Crippen molar-refractivity contribution in [3.8, 4) is 0 Å². The van der Waals surface area contributed by atoms with E-state index in [2.05, 4.69) is 28.1 Å². The first kappa shape index (κ1) is 18.0. The molecule has 0 spiro atoms. The number of pyridine rings is 1. The number of nitrogens with two attached hydrogens (primary N) is 1. The first-order valence-corrected chi connectivity index (χ1v) is 9.16. The molecule has 1 aliphatic carbocycles. The van der Waals surface area contributed by atoms with E-state index in [-0.39, 0.29) is 11.9 Å². The Kier molecular flexibility index (Phi) is 7.58. The number of rotatable bonds is 8. The normalized spacial score (nSPS) is 20.4. The number of unbranched alkanes of at least 4 members (excludes halogenated alkanes) is 2. The van der Waals surface area contributed by atoms with Crippen LogP contribution in [0.5, 0.6) is 0 Å². The predicted molar refractivity (Wildman–Crippen MR) is 95.8 cm³/mol. The highest BCUT2D eigenvalue weighted by Crippen LogP contribution is 2.20. The summed E-state index contributed by atoms with van der Waals surface area (Å²) in [5, 5.41) is 3.39. The summed E-state index contributed by atoms with van der Waals surface area (Å²) in [5.41, 5.74) is 1.68. The fraction of sp³-hybridized carbons (Fsp3) is 0.529. The van der Waals surface area contributed by atoms with Gasteiger partial charge in [0, 0.05) is 17.5 Å². The minimum Gasteiger partial charge on any atom is -0.345 e. The van der Waals surface area contributed by atoms with Gasteiger partial charge in [-0.3, -0.25) is 15.6 Å². The third kappa shape index (κ3) is 5.97. The molecule has 1 heterocycles. The molecule has 0 bridgehead atoms. The van der Waals surface area contributed by atoms with Gasteiger partial charge in [0.1, 0.15) is 5.69 Å². The van der Waals surface area contributed by atoms with E-state index < -0.39 is 0 Å². The molecule has 0 fully saturated rings. The van der Waals surface area contributed by atoms with E-state index in [4.69, 9.17) is 5.84 Å². The number of hydrogen-bond donors (Lipinski definition) is 3. The maximum atomic E-state index is 12.2. The maximum absolute atomic E-state index is 12.2. The lowest BCUT2D eigenvalue weighted by atomic mass is 10.0. The van der Waals surface area contributed by atoms with Crippen molar-refractivity contribution in [2.24, 2.45) is 5.84 Å². The molecule has 5 nitrogen and oxygen atoms in total. The molecule has 1 aliphatic rings. The van der Waals surface area contributed by atoms with Crippen molar-refractivity contribution in [1.29, 1.82) is 0 Å². The predicted octanol–water partition coefficient (Wildman–Crippen LogP) is 2.74. The number of carbonyl (C=O) groups is 1. The van der Waals surface area contributed by atoms with Gasteiger partial charge in [-0.25, -0.2) is 4.83 Å². The van der Waals surface area contributed by atoms with E-state index in [9.17, 15) is 4.79 Å². The summed E-state index contributed by atoms with van der Waals surface area (Å²) in [6.45, 7) is 2.19. The highest BCUT2D eigenvalue weighted by molar-refractivity contribution is 7.98. The third-order valence-electron chi connectivity index (χ3n) is 3.98. The summed E-state index contributed by atoms with van der Waals surface area (Å²) in [6.07, 6.45) is 12.5. The molecule has 0 aromatic carbocycles. The summed E-state index contributed by atoms with van der Waals surface area (Å²) in [4.78, 5) is 19.2. The van der Waals surface area contributed by atoms with Gasteiger partial charge in [0.05, 0.1) is 0 Å². The van der Waals surface area contributed by atoms with Gasteiger partial charge >= 0.3 is 0 Å². The number of nitrogens with zero attached hydrogens (tertiary/aromatic N) is 1. The van der Waals surface area contributed by atoms with Gasteiger partial charge in [-0.05, 0) is 37.3 Å². The molecular weight excluding hydrogens is 308 g/mol. The molecule has 2 atom stereocenters. The van der Waals surface area contributed by atoms with Crippen LogP contribution in [0.4, 0.5) is 0 Å². The number of hydrazine groups is 1. The Hall–Kier alpha value is -1.37. The van der Waals surface area contributed by atoms with Crippen molar-refractivity contribution in [3.05, 3.63) is 41.7 Å². The van der Waals surface area contributed by atoms with Crippen molar-refractivity contribution in [3.63, 3.8) is 0 Å². The van der Waals surface area contributed by atoms with Crippen LogP contribution in [-0.4, -0.2) is 22.2 Å². The number of amides is 1. The van der Waals surface area contributed by atoms with E-state index in [0.29, 0.717) is 10.9 Å². The highest BCUT2D eigenvalue weighted by atomic mass is 32.2. The SMILES string of the molecule is CCCCCc1ccc(C(=O)NC2C=CC(SNN)CC2)nc1. The van der Waals surface area contributed by atoms with Crippen LogP contribution in [-0.2, 0) is 6.42 Å². The maximum Gasteiger partial charge on any atom is 0.270 e. The quantitative estimate of drug-likeness (QED) is 0.224. The number of carbonyl (C=O) groups excluding carboxylic acids is 1. The minimum atomic E-state index is -0.109. The largest absolute Gasteiger partial charge is 0.345 e. The Morgan fingerprint density at radius 1 is 1.35 bits per heavy atom. The van der Waals surface area contributed by atoms with E-state index >= 15 is 0 Å². The van der Waals surface area contributed by atoms with E-state index in [1.807, 2.05) is 24.4 Å². The monoisotopic (exact) mass is 334 g/mol. The average Bonchev–Trinajstić information content (AvgIpc) is 2.58. The smallest absolute Gasteiger partial charge is 0.270 e. The molecule has 1 amide bonds. The average molecular weight is 334 g/mol. The van der Waals surface area contributed by atoms with E-state index in [0.717, 1.165) is 19.3 Å². The van der Waals surface area contributed by atoms with Crippen LogP contribution in [0, 0.1) is 0 Å². The van der Waals surface area contributed by atoms with Gasteiger partial charge in [0.15, 0.2) is 0 Å². The van der Waals surface area contributed by atoms with Crippen molar-refractivity contribution in [1.82, 2.24) is 15.1 Å². The van der Waals surface area contributed by atoms with Gasteiger partial charge in [-0.15, -0.1) is 0 Å². The van der Waals surface area contributed by atoms with Crippen LogP contribution in [0.1, 0.15) is 55.1 Å². The molecule has 4 N–H and O–H groups in total. The Bertz CT molecular complexity index is 518. The minimum absolute atomic E-state index is 0.0724. The lowest BCUT2D eigenvalue weighted by Gasteiger charge is -2.22. The number of nitrogens with one attached hydrogen (secondary N) is 2. The van der Waals surface area contributed by atoms with Crippen molar-refractivity contribution in [2.45, 2.75) is 56.7 Å². The van der Waals surface area contributed by atoms with E-state index in [1.54, 1.807) is 0 Å². The lowest BCUT2D eigenvalue weighted by Crippen LogP contribution is -2.36. The standard InChI is InChI=1S/C17H26N4OS/c1-2-3-4-5-13-6-11-16(19-12-13)17(22)20-14-7-9-15(10-8-14)23-21-18/h6-7,9,11-12,14-15,21H,2-5,8,10,18H2,1H3,(H,20,22). The summed E-state index contributed by atoms with van der Waals surface area (Å²) < 4.78 is 0. The first-order chi connectivity index (χ1) is 11.2. The van der Waals surface area contributed by atoms with Crippen LogP contribution in [0.3, 0.4) is 0 Å². The zero-order chi connectivity index (χ0) is 16.5. The molecule has 23 heavy (non-hydrogen) atoms. The zero-order valence-electron chi connectivity index (χ0n) is 13.6. The molecule has 0 aliphatic heterocycles. The van der Waals surface area contributed by atoms with E-state index in [1.165, 1.54) is 36.8 Å². The first-order valence-electron chi connectivity index (χ1n) is 8.28. The molecule has 0 saturated carbocycles. The summed E-state index contributed by atoms with van der Waals surface area (Å²) >= 11 is 1.50. The van der Waals surface area contributed by atoms with Crippen LogP contribution in [0.15, 0.2) is 30.5 Å². The molecule has 1 aromatic rings.